The van der Waals surface area contributed by atoms with Gasteiger partial charge in [-0.05, 0) is 68.6 Å². The van der Waals surface area contributed by atoms with E-state index in [2.05, 4.69) is 19.2 Å². The Hall–Kier alpha value is -2.89. The molecule has 198 valence electrons. The summed E-state index contributed by atoms with van der Waals surface area (Å²) < 4.78 is 57.3. The Morgan fingerprint density at radius 2 is 1.68 bits per heavy atom. The number of allylic oxidation sites excluding steroid dienone is 2. The Balaban J connectivity index is 1.44. The lowest BCUT2D eigenvalue weighted by Gasteiger charge is -2.59. The van der Waals surface area contributed by atoms with Crippen LogP contribution in [-0.4, -0.2) is 23.8 Å². The zero-order valence-corrected chi connectivity index (χ0v) is 21.5. The standard InChI is InChI=1S/C28H31F4N3O2/c1-13-11-14-16-5-6-18(26(37)34-24-22(31)20(29)15(12-33)21(30)23(24)32)27(16,2)9-7-17(14)28(3)10-8-19(36)35(4)25(13)28/h14,16-18H,5-11H2,1-4H3,(H,34,37)/t14?,16-,17?,18+,27-,28+/m0/s1. The fourth-order valence-electron chi connectivity index (χ4n) is 8.59. The predicted molar refractivity (Wildman–Crippen MR) is 128 cm³/mol. The molecule has 1 aromatic carbocycles. The Bertz CT molecular complexity index is 1260. The van der Waals surface area contributed by atoms with Crippen LogP contribution in [0.3, 0.4) is 0 Å². The molecular weight excluding hydrogens is 486 g/mol. The monoisotopic (exact) mass is 517 g/mol. The molecule has 5 nitrogen and oxygen atoms in total. The zero-order valence-electron chi connectivity index (χ0n) is 21.5. The first kappa shape index (κ1) is 25.7. The van der Waals surface area contributed by atoms with Crippen LogP contribution >= 0.6 is 0 Å². The van der Waals surface area contributed by atoms with Gasteiger partial charge < -0.3 is 10.2 Å². The Morgan fingerprint density at radius 1 is 1.03 bits per heavy atom. The second-order valence-electron chi connectivity index (χ2n) is 11.9. The third kappa shape index (κ3) is 3.47. The van der Waals surface area contributed by atoms with E-state index in [1.54, 1.807) is 0 Å². The molecule has 2 unspecified atom stereocenters. The topological polar surface area (TPSA) is 73.2 Å². The van der Waals surface area contributed by atoms with Gasteiger partial charge in [-0.3, -0.25) is 9.59 Å². The van der Waals surface area contributed by atoms with Crippen molar-refractivity contribution in [2.45, 2.75) is 65.7 Å². The van der Waals surface area contributed by atoms with Crippen molar-refractivity contribution in [3.8, 4) is 6.07 Å². The van der Waals surface area contributed by atoms with E-state index < -0.39 is 51.8 Å². The van der Waals surface area contributed by atoms with Gasteiger partial charge in [0.05, 0.1) is 0 Å². The normalized spacial score (nSPS) is 35.0. The van der Waals surface area contributed by atoms with E-state index in [0.29, 0.717) is 24.7 Å². The lowest BCUT2D eigenvalue weighted by Crippen LogP contribution is -2.54. The quantitative estimate of drug-likeness (QED) is 0.384. The van der Waals surface area contributed by atoms with Crippen LogP contribution in [0.25, 0.3) is 0 Å². The van der Waals surface area contributed by atoms with E-state index in [1.807, 2.05) is 18.9 Å². The van der Waals surface area contributed by atoms with Crippen LogP contribution in [0.4, 0.5) is 23.2 Å². The highest BCUT2D eigenvalue weighted by atomic mass is 19.2. The summed E-state index contributed by atoms with van der Waals surface area (Å²) in [6.45, 7) is 6.39. The molecule has 9 heteroatoms. The molecule has 1 saturated heterocycles. The number of carbonyl (C=O) groups is 2. The van der Waals surface area contributed by atoms with Crippen LogP contribution in [0.1, 0.15) is 71.3 Å². The number of nitriles is 1. The highest BCUT2D eigenvalue weighted by Crippen LogP contribution is 2.67. The van der Waals surface area contributed by atoms with Crippen molar-refractivity contribution in [3.05, 3.63) is 40.1 Å². The first-order valence-electron chi connectivity index (χ1n) is 12.9. The summed E-state index contributed by atoms with van der Waals surface area (Å²) in [6, 6.07) is 1.11. The highest BCUT2D eigenvalue weighted by Gasteiger charge is 2.61. The lowest BCUT2D eigenvalue weighted by atomic mass is 9.48. The third-order valence-electron chi connectivity index (χ3n) is 10.3. The summed E-state index contributed by atoms with van der Waals surface area (Å²) in [5, 5.41) is 10.9. The van der Waals surface area contributed by atoms with Crippen LogP contribution < -0.4 is 5.32 Å². The minimum absolute atomic E-state index is 0.124. The van der Waals surface area contributed by atoms with Crippen LogP contribution in [0.2, 0.25) is 0 Å². The van der Waals surface area contributed by atoms with E-state index in [9.17, 15) is 27.2 Å². The molecular formula is C28H31F4N3O2. The van der Waals surface area contributed by atoms with Gasteiger partial charge in [0.15, 0.2) is 23.3 Å². The van der Waals surface area contributed by atoms with Crippen LogP contribution in [0.15, 0.2) is 11.3 Å². The lowest BCUT2D eigenvalue weighted by molar-refractivity contribution is -0.137. The molecule has 5 rings (SSSR count). The van der Waals surface area contributed by atoms with Gasteiger partial charge >= 0.3 is 0 Å². The number of likely N-dealkylation sites (tertiary alicyclic amines) is 1. The first-order valence-corrected chi connectivity index (χ1v) is 12.9. The molecule has 3 fully saturated rings. The van der Waals surface area contributed by atoms with Gasteiger partial charge in [-0.25, -0.2) is 17.6 Å². The summed E-state index contributed by atoms with van der Waals surface area (Å²) in [6.07, 6.45) is 5.00. The number of anilines is 1. The molecule has 2 amide bonds. The minimum Gasteiger partial charge on any atom is -0.321 e. The maximum Gasteiger partial charge on any atom is 0.228 e. The smallest absolute Gasteiger partial charge is 0.228 e. The third-order valence-corrected chi connectivity index (χ3v) is 10.3. The van der Waals surface area contributed by atoms with Gasteiger partial charge in [-0.1, -0.05) is 19.4 Å². The molecule has 0 radical (unpaired) electrons. The van der Waals surface area contributed by atoms with Crippen molar-refractivity contribution in [1.29, 1.82) is 5.26 Å². The number of nitrogens with one attached hydrogen (secondary N) is 1. The molecule has 37 heavy (non-hydrogen) atoms. The number of piperidine rings is 1. The van der Waals surface area contributed by atoms with Crippen molar-refractivity contribution in [2.24, 2.45) is 34.5 Å². The zero-order chi connectivity index (χ0) is 27.0. The number of hydrogen-bond acceptors (Lipinski definition) is 3. The first-order chi connectivity index (χ1) is 17.4. The molecule has 1 heterocycles. The number of carbonyl (C=O) groups excluding carboxylic acids is 2. The van der Waals surface area contributed by atoms with Gasteiger partial charge in [0.25, 0.3) is 0 Å². The van der Waals surface area contributed by atoms with E-state index in [-0.39, 0.29) is 17.2 Å². The van der Waals surface area contributed by atoms with Crippen molar-refractivity contribution < 1.29 is 27.2 Å². The number of hydrogen-bond donors (Lipinski definition) is 1. The fraction of sp³-hybridized carbons (Fsp3) is 0.607. The van der Waals surface area contributed by atoms with E-state index in [1.165, 1.54) is 5.57 Å². The SMILES string of the molecule is CC1=C2N(C)C(=O)CC[C@]2(C)C2CC[C@]3(C)[C@@H](C(=O)Nc4c(F)c(F)c(C#N)c(F)c4F)CC[C@H]3C2C1. The Labute approximate surface area is 213 Å². The van der Waals surface area contributed by atoms with Crippen LogP contribution in [0.5, 0.6) is 0 Å². The molecule has 1 aliphatic heterocycles. The largest absolute Gasteiger partial charge is 0.321 e. The number of fused-ring (bicyclic) bond motifs is 5. The number of amides is 2. The van der Waals surface area contributed by atoms with Gasteiger partial charge in [0, 0.05) is 30.5 Å². The van der Waals surface area contributed by atoms with Crippen LogP contribution in [-0.2, 0) is 9.59 Å². The van der Waals surface area contributed by atoms with Gasteiger partial charge in [-0.15, -0.1) is 0 Å². The van der Waals surface area contributed by atoms with E-state index in [0.717, 1.165) is 43.9 Å². The number of rotatable bonds is 2. The van der Waals surface area contributed by atoms with Crippen molar-refractivity contribution in [3.63, 3.8) is 0 Å². The Kier molecular flexibility index (Phi) is 5.96. The van der Waals surface area contributed by atoms with Gasteiger partial charge in [-0.2, -0.15) is 5.26 Å². The molecule has 1 aromatic rings. The highest BCUT2D eigenvalue weighted by molar-refractivity contribution is 5.93. The fourth-order valence-corrected chi connectivity index (χ4v) is 8.59. The number of halogens is 4. The molecule has 0 bridgehead atoms. The molecule has 2 saturated carbocycles. The summed E-state index contributed by atoms with van der Waals surface area (Å²) in [5.41, 5.74) is -0.778. The van der Waals surface area contributed by atoms with Crippen molar-refractivity contribution >= 4 is 17.5 Å². The van der Waals surface area contributed by atoms with Crippen molar-refractivity contribution in [1.82, 2.24) is 4.90 Å². The minimum atomic E-state index is -1.82. The van der Waals surface area contributed by atoms with Crippen LogP contribution in [0, 0.1) is 69.1 Å². The predicted octanol–water partition coefficient (Wildman–Crippen LogP) is 6.05. The molecule has 6 atom stereocenters. The van der Waals surface area contributed by atoms with E-state index in [4.69, 9.17) is 5.26 Å². The van der Waals surface area contributed by atoms with E-state index >= 15 is 0 Å². The summed E-state index contributed by atoms with van der Waals surface area (Å²) >= 11 is 0. The summed E-state index contributed by atoms with van der Waals surface area (Å²) in [7, 11) is 1.86. The molecule has 3 aliphatic carbocycles. The average molecular weight is 518 g/mol. The Morgan fingerprint density at radius 3 is 2.30 bits per heavy atom. The summed E-state index contributed by atoms with van der Waals surface area (Å²) in [4.78, 5) is 27.6. The molecule has 4 aliphatic rings. The van der Waals surface area contributed by atoms with Gasteiger partial charge in [0.1, 0.15) is 17.3 Å². The molecule has 1 N–H and O–H groups in total. The maximum atomic E-state index is 14.5. The molecule has 0 spiro atoms. The second-order valence-corrected chi connectivity index (χ2v) is 11.9. The maximum absolute atomic E-state index is 14.5. The van der Waals surface area contributed by atoms with Gasteiger partial charge in [0.2, 0.25) is 11.8 Å². The second kappa shape index (κ2) is 8.57. The average Bonchev–Trinajstić information content (AvgIpc) is 3.21. The summed E-state index contributed by atoms with van der Waals surface area (Å²) in [5.74, 6) is -7.44. The number of nitrogens with zero attached hydrogens (tertiary/aromatic N) is 2. The number of benzene rings is 1. The van der Waals surface area contributed by atoms with Crippen molar-refractivity contribution in [2.75, 3.05) is 12.4 Å². The molecule has 0 aromatic heterocycles.